The van der Waals surface area contributed by atoms with Crippen LogP contribution in [-0.4, -0.2) is 50.3 Å². The zero-order valence-electron chi connectivity index (χ0n) is 23.2. The molecule has 0 bridgehead atoms. The minimum atomic E-state index is -0.794. The Hall–Kier alpha value is -3.45. The van der Waals surface area contributed by atoms with Crippen LogP contribution in [0.4, 0.5) is 0 Å². The fourth-order valence-electron chi connectivity index (χ4n) is 5.35. The Morgan fingerprint density at radius 3 is 2.22 bits per heavy atom. The zero-order valence-corrected chi connectivity index (χ0v) is 24.7. The second kappa shape index (κ2) is 15.0. The SMILES string of the molecule is COC(=O)C1C(C)=NC(COCCCl)=C(C(=O)NCCC(c2ccccc2)c2ccccc2)C1c1cccc(Cl)c1. The van der Waals surface area contributed by atoms with E-state index in [-0.39, 0.29) is 18.4 Å². The second-order valence-corrected chi connectivity index (χ2v) is 10.6. The van der Waals surface area contributed by atoms with Crippen LogP contribution in [0.25, 0.3) is 0 Å². The van der Waals surface area contributed by atoms with E-state index >= 15 is 0 Å². The van der Waals surface area contributed by atoms with Crippen molar-refractivity contribution in [2.75, 3.05) is 32.7 Å². The third-order valence-electron chi connectivity index (χ3n) is 7.21. The number of halogens is 2. The lowest BCUT2D eigenvalue weighted by Gasteiger charge is -2.32. The molecule has 0 saturated heterocycles. The average Bonchev–Trinajstić information content (AvgIpc) is 2.99. The van der Waals surface area contributed by atoms with Crippen LogP contribution in [0.15, 0.2) is 101 Å². The van der Waals surface area contributed by atoms with E-state index in [9.17, 15) is 9.59 Å². The second-order valence-electron chi connectivity index (χ2n) is 9.81. The van der Waals surface area contributed by atoms with Crippen molar-refractivity contribution in [1.82, 2.24) is 5.32 Å². The standard InChI is InChI=1S/C33H34Cl2N2O4/c1-22-29(33(39)40-2)30(25-14-9-15-26(35)20-25)31(28(37-22)21-41-19-17-34)32(38)36-18-16-27(23-10-5-3-6-11-23)24-12-7-4-8-13-24/h3-15,20,27,29-30H,16-19,21H2,1-2H3,(H,36,38). The summed E-state index contributed by atoms with van der Waals surface area (Å²) in [5, 5.41) is 3.62. The Balaban J connectivity index is 1.67. The Morgan fingerprint density at radius 2 is 1.63 bits per heavy atom. The van der Waals surface area contributed by atoms with Crippen LogP contribution in [0.1, 0.15) is 41.9 Å². The van der Waals surface area contributed by atoms with Gasteiger partial charge >= 0.3 is 5.97 Å². The maximum absolute atomic E-state index is 14.0. The molecule has 1 heterocycles. The first-order chi connectivity index (χ1) is 19.9. The number of ether oxygens (including phenoxy) is 2. The molecule has 4 rings (SSSR count). The summed E-state index contributed by atoms with van der Waals surface area (Å²) in [6.07, 6.45) is 0.676. The molecule has 0 radical (unpaired) electrons. The molecule has 0 aliphatic carbocycles. The number of carbonyl (C=O) groups is 2. The molecular weight excluding hydrogens is 559 g/mol. The summed E-state index contributed by atoms with van der Waals surface area (Å²) >= 11 is 12.2. The van der Waals surface area contributed by atoms with Crippen LogP contribution in [0.3, 0.4) is 0 Å². The lowest BCUT2D eigenvalue weighted by molar-refractivity contribution is -0.143. The van der Waals surface area contributed by atoms with E-state index in [0.29, 0.717) is 53.0 Å². The number of rotatable bonds is 12. The number of aliphatic imine (C=N–C) groups is 1. The van der Waals surface area contributed by atoms with Gasteiger partial charge in [0, 0.05) is 40.6 Å². The molecule has 6 nitrogen and oxygen atoms in total. The quantitative estimate of drug-likeness (QED) is 0.147. The number of methoxy groups -OCH3 is 1. The highest BCUT2D eigenvalue weighted by Crippen LogP contribution is 2.40. The molecule has 0 aromatic heterocycles. The topological polar surface area (TPSA) is 77.0 Å². The maximum atomic E-state index is 14.0. The van der Waals surface area contributed by atoms with Crippen molar-refractivity contribution in [3.63, 3.8) is 0 Å². The maximum Gasteiger partial charge on any atom is 0.315 e. The predicted molar refractivity (Wildman–Crippen MR) is 164 cm³/mol. The van der Waals surface area contributed by atoms with Gasteiger partial charge in [0.05, 0.1) is 26.0 Å². The van der Waals surface area contributed by atoms with Crippen molar-refractivity contribution >= 4 is 40.8 Å². The summed E-state index contributed by atoms with van der Waals surface area (Å²) in [6.45, 7) is 2.54. The smallest absolute Gasteiger partial charge is 0.315 e. The van der Waals surface area contributed by atoms with E-state index in [2.05, 4.69) is 34.6 Å². The highest BCUT2D eigenvalue weighted by Gasteiger charge is 2.42. The molecule has 2 atom stereocenters. The number of hydrogen-bond acceptors (Lipinski definition) is 5. The van der Waals surface area contributed by atoms with E-state index in [1.807, 2.05) is 42.5 Å². The van der Waals surface area contributed by atoms with Gasteiger partial charge in [-0.05, 0) is 42.2 Å². The Labute approximate surface area is 251 Å². The normalized spacial score (nSPS) is 16.9. The highest BCUT2D eigenvalue weighted by molar-refractivity contribution is 6.30. The van der Waals surface area contributed by atoms with Crippen LogP contribution >= 0.6 is 23.2 Å². The minimum Gasteiger partial charge on any atom is -0.468 e. The average molecular weight is 594 g/mol. The molecule has 0 spiro atoms. The third kappa shape index (κ3) is 7.64. The van der Waals surface area contributed by atoms with E-state index in [1.165, 1.54) is 18.2 Å². The number of amides is 1. The molecule has 3 aromatic carbocycles. The molecule has 214 valence electrons. The Kier molecular flexibility index (Phi) is 11.1. The number of nitrogens with zero attached hydrogens (tertiary/aromatic N) is 1. The minimum absolute atomic E-state index is 0.0778. The molecule has 1 N–H and O–H groups in total. The molecule has 0 saturated carbocycles. The number of esters is 1. The summed E-state index contributed by atoms with van der Waals surface area (Å²) in [5.74, 6) is -1.85. The largest absolute Gasteiger partial charge is 0.468 e. The lowest BCUT2D eigenvalue weighted by atomic mass is 9.75. The summed E-state index contributed by atoms with van der Waals surface area (Å²) in [4.78, 5) is 31.8. The molecule has 41 heavy (non-hydrogen) atoms. The molecule has 3 aromatic rings. The number of hydrogen-bond donors (Lipinski definition) is 1. The van der Waals surface area contributed by atoms with Crippen LogP contribution in [0.5, 0.6) is 0 Å². The Morgan fingerprint density at radius 1 is 0.976 bits per heavy atom. The number of alkyl halides is 1. The fraction of sp³-hybridized carbons (Fsp3) is 0.303. The predicted octanol–water partition coefficient (Wildman–Crippen LogP) is 6.54. The molecule has 0 fully saturated rings. The van der Waals surface area contributed by atoms with Gasteiger partial charge < -0.3 is 14.8 Å². The number of carbonyl (C=O) groups excluding carboxylic acids is 2. The van der Waals surface area contributed by atoms with Crippen LogP contribution < -0.4 is 5.32 Å². The summed E-state index contributed by atoms with van der Waals surface area (Å²) in [5.41, 5.74) is 4.41. The fourth-order valence-corrected chi connectivity index (χ4v) is 5.66. The Bertz CT molecular complexity index is 1350. The van der Waals surface area contributed by atoms with Gasteiger partial charge in [-0.1, -0.05) is 84.4 Å². The van der Waals surface area contributed by atoms with Gasteiger partial charge in [0.2, 0.25) is 5.91 Å². The number of benzene rings is 3. The van der Waals surface area contributed by atoms with Crippen molar-refractivity contribution in [2.45, 2.75) is 25.2 Å². The van der Waals surface area contributed by atoms with Crippen molar-refractivity contribution in [2.24, 2.45) is 10.9 Å². The van der Waals surface area contributed by atoms with E-state index in [1.54, 1.807) is 25.1 Å². The first-order valence-electron chi connectivity index (χ1n) is 13.6. The van der Waals surface area contributed by atoms with E-state index < -0.39 is 17.8 Å². The molecule has 1 aliphatic heterocycles. The van der Waals surface area contributed by atoms with Gasteiger partial charge in [0.1, 0.15) is 5.92 Å². The monoisotopic (exact) mass is 592 g/mol. The molecule has 8 heteroatoms. The molecule has 1 aliphatic rings. The first-order valence-corrected chi connectivity index (χ1v) is 14.5. The van der Waals surface area contributed by atoms with Gasteiger partial charge in [-0.3, -0.25) is 14.6 Å². The van der Waals surface area contributed by atoms with Crippen LogP contribution in [0.2, 0.25) is 5.02 Å². The van der Waals surface area contributed by atoms with Crippen molar-refractivity contribution in [1.29, 1.82) is 0 Å². The van der Waals surface area contributed by atoms with E-state index in [0.717, 1.165) is 0 Å². The van der Waals surface area contributed by atoms with Crippen molar-refractivity contribution in [3.8, 4) is 0 Å². The molecule has 1 amide bonds. The van der Waals surface area contributed by atoms with Crippen LogP contribution in [0, 0.1) is 5.92 Å². The van der Waals surface area contributed by atoms with E-state index in [4.69, 9.17) is 32.7 Å². The zero-order chi connectivity index (χ0) is 29.2. The lowest BCUT2D eigenvalue weighted by Crippen LogP contribution is -2.40. The summed E-state index contributed by atoms with van der Waals surface area (Å²) in [6, 6.07) is 27.7. The van der Waals surface area contributed by atoms with Crippen molar-refractivity contribution in [3.05, 3.63) is 118 Å². The molecular formula is C33H34Cl2N2O4. The van der Waals surface area contributed by atoms with Gasteiger partial charge in [-0.2, -0.15) is 0 Å². The summed E-state index contributed by atoms with van der Waals surface area (Å²) < 4.78 is 10.9. The van der Waals surface area contributed by atoms with Gasteiger partial charge in [0.15, 0.2) is 0 Å². The van der Waals surface area contributed by atoms with Crippen molar-refractivity contribution < 1.29 is 19.1 Å². The van der Waals surface area contributed by atoms with Gasteiger partial charge in [0.25, 0.3) is 0 Å². The van der Waals surface area contributed by atoms with Crippen LogP contribution in [-0.2, 0) is 19.1 Å². The van der Waals surface area contributed by atoms with Gasteiger partial charge in [-0.15, -0.1) is 11.6 Å². The third-order valence-corrected chi connectivity index (χ3v) is 7.60. The first kappa shape index (κ1) is 30.5. The molecule has 2 unspecified atom stereocenters. The van der Waals surface area contributed by atoms with Gasteiger partial charge in [-0.25, -0.2) is 0 Å². The summed E-state index contributed by atoms with van der Waals surface area (Å²) in [7, 11) is 1.33. The number of nitrogens with one attached hydrogen (secondary N) is 1. The highest BCUT2D eigenvalue weighted by atomic mass is 35.5.